The molecule has 0 spiro atoms. The summed E-state index contributed by atoms with van der Waals surface area (Å²) in [6.07, 6.45) is 1.16. The monoisotopic (exact) mass is 291 g/mol. The lowest BCUT2D eigenvalue weighted by atomic mass is 9.89. The van der Waals surface area contributed by atoms with Crippen LogP contribution in [0.5, 0.6) is 11.5 Å². The molecule has 1 N–H and O–H groups in total. The van der Waals surface area contributed by atoms with Crippen molar-refractivity contribution in [3.05, 3.63) is 23.8 Å². The molecule has 0 fully saturated rings. The summed E-state index contributed by atoms with van der Waals surface area (Å²) in [5, 5.41) is 3.68. The lowest BCUT2D eigenvalue weighted by Crippen LogP contribution is -2.40. The van der Waals surface area contributed by atoms with E-state index >= 15 is 0 Å². The number of rotatable bonds is 5. The highest BCUT2D eigenvalue weighted by Crippen LogP contribution is 2.41. The molecule has 2 rings (SSSR count). The van der Waals surface area contributed by atoms with E-state index in [1.54, 1.807) is 0 Å². The van der Waals surface area contributed by atoms with Crippen molar-refractivity contribution in [3.8, 4) is 11.5 Å². The van der Waals surface area contributed by atoms with E-state index < -0.39 is 0 Å². The van der Waals surface area contributed by atoms with Crippen molar-refractivity contribution < 1.29 is 9.47 Å². The molecule has 1 aromatic carbocycles. The molecule has 0 aromatic heterocycles. The van der Waals surface area contributed by atoms with Gasteiger partial charge in [0.2, 0.25) is 0 Å². The number of ether oxygens (including phenoxy) is 2. The Morgan fingerprint density at radius 2 is 2.00 bits per heavy atom. The predicted molar refractivity (Wildman–Crippen MR) is 87.1 cm³/mol. The molecule has 0 radical (unpaired) electrons. The first-order chi connectivity index (χ1) is 9.77. The average molecular weight is 291 g/mol. The minimum atomic E-state index is -0.137. The summed E-state index contributed by atoms with van der Waals surface area (Å²) < 4.78 is 11.9. The zero-order chi connectivity index (χ0) is 15.6. The Bertz CT molecular complexity index is 480. The van der Waals surface area contributed by atoms with Gasteiger partial charge in [-0.05, 0) is 58.4 Å². The highest BCUT2D eigenvalue weighted by molar-refractivity contribution is 5.44. The molecule has 1 unspecified atom stereocenters. The Kier molecular flexibility index (Phi) is 4.82. The Balaban J connectivity index is 2.26. The van der Waals surface area contributed by atoms with Gasteiger partial charge in [-0.3, -0.25) is 0 Å². The van der Waals surface area contributed by atoms with Crippen LogP contribution < -0.4 is 14.8 Å². The maximum atomic E-state index is 6.12. The quantitative estimate of drug-likeness (QED) is 0.876. The third-order valence-corrected chi connectivity index (χ3v) is 3.58. The fourth-order valence-electron chi connectivity index (χ4n) is 2.74. The fourth-order valence-corrected chi connectivity index (χ4v) is 2.74. The number of nitrogens with one attached hydrogen (secondary N) is 1. The molecule has 0 bridgehead atoms. The fraction of sp³-hybridized carbons (Fsp3) is 0.667. The summed E-state index contributed by atoms with van der Waals surface area (Å²) in [5.41, 5.74) is 1.08. The average Bonchev–Trinajstić information content (AvgIpc) is 2.35. The van der Waals surface area contributed by atoms with Gasteiger partial charge in [-0.15, -0.1) is 0 Å². The molecule has 0 saturated carbocycles. The third kappa shape index (κ3) is 4.37. The zero-order valence-corrected chi connectivity index (χ0v) is 14.2. The second kappa shape index (κ2) is 6.27. The molecule has 0 saturated heterocycles. The van der Waals surface area contributed by atoms with Crippen molar-refractivity contribution in [1.29, 1.82) is 0 Å². The van der Waals surface area contributed by atoms with E-state index in [1.165, 1.54) is 5.56 Å². The van der Waals surface area contributed by atoms with E-state index in [-0.39, 0.29) is 11.7 Å². The highest BCUT2D eigenvalue weighted by Gasteiger charge is 2.33. The van der Waals surface area contributed by atoms with Gasteiger partial charge >= 0.3 is 0 Å². The van der Waals surface area contributed by atoms with Crippen LogP contribution in [0.4, 0.5) is 0 Å². The Morgan fingerprint density at radius 1 is 1.29 bits per heavy atom. The van der Waals surface area contributed by atoms with Gasteiger partial charge in [0, 0.05) is 18.0 Å². The molecule has 1 aliphatic heterocycles. The third-order valence-electron chi connectivity index (χ3n) is 3.58. The highest BCUT2D eigenvalue weighted by atomic mass is 16.5. The summed E-state index contributed by atoms with van der Waals surface area (Å²) in [6, 6.07) is 6.49. The number of hydrogen-bond acceptors (Lipinski definition) is 3. The Morgan fingerprint density at radius 3 is 2.62 bits per heavy atom. The van der Waals surface area contributed by atoms with Crippen LogP contribution in [0.2, 0.25) is 0 Å². The molecule has 1 aromatic rings. The Labute approximate surface area is 129 Å². The molecule has 3 nitrogen and oxygen atoms in total. The SMILES string of the molecule is CC(C)CNC1CC(C)(C)Oc2ccc(OC(C)C)cc21. The summed E-state index contributed by atoms with van der Waals surface area (Å²) in [6.45, 7) is 13.9. The van der Waals surface area contributed by atoms with Crippen LogP contribution >= 0.6 is 0 Å². The minimum absolute atomic E-state index is 0.137. The van der Waals surface area contributed by atoms with Gasteiger partial charge in [0.25, 0.3) is 0 Å². The Hall–Kier alpha value is -1.22. The van der Waals surface area contributed by atoms with E-state index in [0.29, 0.717) is 12.0 Å². The van der Waals surface area contributed by atoms with E-state index in [4.69, 9.17) is 9.47 Å². The first-order valence-corrected chi connectivity index (χ1v) is 8.00. The van der Waals surface area contributed by atoms with Crippen LogP contribution in [0, 0.1) is 5.92 Å². The summed E-state index contributed by atoms with van der Waals surface area (Å²) >= 11 is 0. The standard InChI is InChI=1S/C18H29NO2/c1-12(2)11-19-16-10-18(5,6)21-17-8-7-14(9-15(16)17)20-13(3)4/h7-9,12-13,16,19H,10-11H2,1-6H3. The van der Waals surface area contributed by atoms with E-state index in [2.05, 4.69) is 39.1 Å². The van der Waals surface area contributed by atoms with Gasteiger partial charge in [0.15, 0.2) is 0 Å². The topological polar surface area (TPSA) is 30.5 Å². The van der Waals surface area contributed by atoms with Crippen LogP contribution in [-0.4, -0.2) is 18.2 Å². The largest absolute Gasteiger partial charge is 0.491 e. The van der Waals surface area contributed by atoms with Crippen LogP contribution in [0.1, 0.15) is 59.6 Å². The van der Waals surface area contributed by atoms with Gasteiger partial charge in [-0.2, -0.15) is 0 Å². The smallest absolute Gasteiger partial charge is 0.125 e. The van der Waals surface area contributed by atoms with Gasteiger partial charge in [-0.1, -0.05) is 13.8 Å². The van der Waals surface area contributed by atoms with Crippen LogP contribution in [0.3, 0.4) is 0 Å². The van der Waals surface area contributed by atoms with Crippen molar-refractivity contribution in [2.24, 2.45) is 5.92 Å². The molecule has 3 heteroatoms. The molecule has 21 heavy (non-hydrogen) atoms. The second-order valence-electron chi connectivity index (χ2n) is 7.29. The van der Waals surface area contributed by atoms with Gasteiger partial charge in [-0.25, -0.2) is 0 Å². The van der Waals surface area contributed by atoms with Gasteiger partial charge in [0.05, 0.1) is 6.10 Å². The van der Waals surface area contributed by atoms with E-state index in [9.17, 15) is 0 Å². The maximum absolute atomic E-state index is 6.12. The molecule has 1 atom stereocenters. The lowest BCUT2D eigenvalue weighted by Gasteiger charge is -2.38. The minimum Gasteiger partial charge on any atom is -0.491 e. The summed E-state index contributed by atoms with van der Waals surface area (Å²) in [5.74, 6) is 2.53. The summed E-state index contributed by atoms with van der Waals surface area (Å²) in [7, 11) is 0. The van der Waals surface area contributed by atoms with Gasteiger partial charge in [0.1, 0.15) is 17.1 Å². The predicted octanol–water partition coefficient (Wildman–Crippen LogP) is 4.32. The van der Waals surface area contributed by atoms with Crippen LogP contribution in [0.15, 0.2) is 18.2 Å². The normalized spacial score (nSPS) is 20.3. The summed E-state index contributed by atoms with van der Waals surface area (Å²) in [4.78, 5) is 0. The van der Waals surface area contributed by atoms with E-state index in [0.717, 1.165) is 24.5 Å². The van der Waals surface area contributed by atoms with Gasteiger partial charge < -0.3 is 14.8 Å². The van der Waals surface area contributed by atoms with E-state index in [1.807, 2.05) is 26.0 Å². The van der Waals surface area contributed by atoms with Crippen molar-refractivity contribution in [1.82, 2.24) is 5.32 Å². The number of hydrogen-bond donors (Lipinski definition) is 1. The number of benzene rings is 1. The van der Waals surface area contributed by atoms with Crippen LogP contribution in [-0.2, 0) is 0 Å². The second-order valence-corrected chi connectivity index (χ2v) is 7.29. The molecule has 118 valence electrons. The van der Waals surface area contributed by atoms with Crippen molar-refractivity contribution >= 4 is 0 Å². The van der Waals surface area contributed by atoms with Crippen molar-refractivity contribution in [3.63, 3.8) is 0 Å². The van der Waals surface area contributed by atoms with Crippen molar-refractivity contribution in [2.45, 2.75) is 65.7 Å². The molecule has 0 amide bonds. The first kappa shape index (κ1) is 16.2. The van der Waals surface area contributed by atoms with Crippen molar-refractivity contribution in [2.75, 3.05) is 6.54 Å². The molecule has 1 aliphatic rings. The molecule has 1 heterocycles. The first-order valence-electron chi connectivity index (χ1n) is 8.00. The number of fused-ring (bicyclic) bond motifs is 1. The lowest BCUT2D eigenvalue weighted by molar-refractivity contribution is 0.0651. The molecular formula is C18H29NO2. The molecular weight excluding hydrogens is 262 g/mol. The van der Waals surface area contributed by atoms with Crippen LogP contribution in [0.25, 0.3) is 0 Å². The molecule has 0 aliphatic carbocycles. The maximum Gasteiger partial charge on any atom is 0.125 e. The zero-order valence-electron chi connectivity index (χ0n) is 14.2.